The summed E-state index contributed by atoms with van der Waals surface area (Å²) in [6, 6.07) is 0.713. The Morgan fingerprint density at radius 3 is 3.40 bits per heavy atom. The summed E-state index contributed by atoms with van der Waals surface area (Å²) in [6.07, 6.45) is 7.72. The predicted octanol–water partition coefficient (Wildman–Crippen LogP) is 0.716. The fourth-order valence-electron chi connectivity index (χ4n) is 0.967. The summed E-state index contributed by atoms with van der Waals surface area (Å²) in [6.45, 7) is 1.51. The number of ether oxygens (including phenoxy) is 1. The van der Waals surface area contributed by atoms with Crippen molar-refractivity contribution in [2.75, 3.05) is 13.2 Å². The largest absolute Gasteiger partial charge is 0.460 e. The van der Waals surface area contributed by atoms with Crippen molar-refractivity contribution >= 4 is 6.02 Å². The average Bonchev–Trinajstić information content (AvgIpc) is 2.05. The fraction of sp³-hybridized carbons (Fsp3) is 0.286. The molecule has 2 rings (SSSR count). The van der Waals surface area contributed by atoms with E-state index in [0.717, 1.165) is 6.54 Å². The molecule has 0 aromatic carbocycles. The van der Waals surface area contributed by atoms with Crippen molar-refractivity contribution in [2.24, 2.45) is 4.99 Å². The van der Waals surface area contributed by atoms with Crippen LogP contribution in [0.2, 0.25) is 0 Å². The van der Waals surface area contributed by atoms with Gasteiger partial charge in [-0.1, -0.05) is 0 Å². The van der Waals surface area contributed by atoms with E-state index in [2.05, 4.69) is 4.99 Å². The van der Waals surface area contributed by atoms with Crippen molar-refractivity contribution in [1.29, 1.82) is 0 Å². The van der Waals surface area contributed by atoms with Gasteiger partial charge in [-0.25, -0.2) is 4.99 Å². The van der Waals surface area contributed by atoms with Crippen LogP contribution in [0.5, 0.6) is 0 Å². The smallest absolute Gasteiger partial charge is 0.296 e. The van der Waals surface area contributed by atoms with Crippen molar-refractivity contribution in [3.63, 3.8) is 0 Å². The van der Waals surface area contributed by atoms with Gasteiger partial charge in [0.25, 0.3) is 6.02 Å². The van der Waals surface area contributed by atoms with Crippen LogP contribution in [0.4, 0.5) is 0 Å². The molecule has 10 heavy (non-hydrogen) atoms. The Morgan fingerprint density at radius 1 is 1.50 bits per heavy atom. The van der Waals surface area contributed by atoms with Crippen molar-refractivity contribution in [1.82, 2.24) is 4.90 Å². The van der Waals surface area contributed by atoms with E-state index >= 15 is 0 Å². The van der Waals surface area contributed by atoms with Gasteiger partial charge in [0.1, 0.15) is 6.61 Å². The van der Waals surface area contributed by atoms with E-state index in [1.54, 1.807) is 6.20 Å². The summed E-state index contributed by atoms with van der Waals surface area (Å²) >= 11 is 0. The minimum atomic E-state index is 0.642. The average molecular weight is 136 g/mol. The lowest BCUT2D eigenvalue weighted by molar-refractivity contribution is 0.274. The molecule has 0 saturated heterocycles. The number of nitrogens with zero attached hydrogens (tertiary/aromatic N) is 2. The first-order valence-corrected chi connectivity index (χ1v) is 3.26. The molecule has 0 aromatic heterocycles. The first-order chi connectivity index (χ1) is 4.97. The van der Waals surface area contributed by atoms with Crippen molar-refractivity contribution in [2.45, 2.75) is 0 Å². The van der Waals surface area contributed by atoms with Gasteiger partial charge in [-0.2, -0.15) is 0 Å². The van der Waals surface area contributed by atoms with Crippen molar-refractivity contribution < 1.29 is 4.74 Å². The summed E-state index contributed by atoms with van der Waals surface area (Å²) < 4.78 is 5.22. The minimum absolute atomic E-state index is 0.642. The van der Waals surface area contributed by atoms with Gasteiger partial charge in [-0.15, -0.1) is 0 Å². The van der Waals surface area contributed by atoms with Gasteiger partial charge < -0.3 is 4.74 Å². The summed E-state index contributed by atoms with van der Waals surface area (Å²) in [5, 5.41) is 0. The summed E-state index contributed by atoms with van der Waals surface area (Å²) in [5.41, 5.74) is 0. The zero-order valence-corrected chi connectivity index (χ0v) is 5.53. The highest BCUT2D eigenvalue weighted by Crippen LogP contribution is 2.06. The number of rotatable bonds is 0. The lowest BCUT2D eigenvalue weighted by Gasteiger charge is -2.24. The summed E-state index contributed by atoms with van der Waals surface area (Å²) in [5.74, 6) is 0. The Labute approximate surface area is 59.3 Å². The van der Waals surface area contributed by atoms with Gasteiger partial charge in [0.15, 0.2) is 0 Å². The van der Waals surface area contributed by atoms with Crippen LogP contribution in [0, 0.1) is 0 Å². The number of hydrogen-bond donors (Lipinski definition) is 0. The quantitative estimate of drug-likeness (QED) is 0.490. The molecule has 52 valence electrons. The number of amidine groups is 1. The first-order valence-electron chi connectivity index (χ1n) is 3.26. The highest BCUT2D eigenvalue weighted by molar-refractivity contribution is 5.77. The number of aliphatic imine (C=N–C) groups is 1. The molecule has 3 heteroatoms. The van der Waals surface area contributed by atoms with Gasteiger partial charge in [-0.05, 0) is 12.2 Å². The lowest BCUT2D eigenvalue weighted by Crippen LogP contribution is -2.32. The molecule has 0 unspecified atom stereocenters. The highest BCUT2D eigenvalue weighted by atomic mass is 16.5. The molecule has 0 spiro atoms. The molecule has 0 amide bonds. The normalized spacial score (nSPS) is 21.6. The van der Waals surface area contributed by atoms with Crippen molar-refractivity contribution in [3.8, 4) is 0 Å². The number of fused-ring (bicyclic) bond motifs is 1. The molecule has 0 aliphatic carbocycles. The van der Waals surface area contributed by atoms with Crippen LogP contribution in [-0.2, 0) is 4.74 Å². The van der Waals surface area contributed by atoms with Crippen molar-refractivity contribution in [3.05, 3.63) is 24.6 Å². The Balaban J connectivity index is 2.26. The molecular weight excluding hydrogens is 128 g/mol. The van der Waals surface area contributed by atoms with E-state index in [9.17, 15) is 0 Å². The molecule has 0 saturated carbocycles. The van der Waals surface area contributed by atoms with Gasteiger partial charge in [-0.3, -0.25) is 4.90 Å². The number of hydrogen-bond acceptors (Lipinski definition) is 3. The van der Waals surface area contributed by atoms with Crippen LogP contribution in [0.3, 0.4) is 0 Å². The van der Waals surface area contributed by atoms with Crippen LogP contribution in [0.1, 0.15) is 0 Å². The third-order valence-electron chi connectivity index (χ3n) is 1.43. The van der Waals surface area contributed by atoms with E-state index < -0.39 is 0 Å². The predicted molar refractivity (Wildman–Crippen MR) is 38.4 cm³/mol. The second-order valence-electron chi connectivity index (χ2n) is 2.14. The summed E-state index contributed by atoms with van der Waals surface area (Å²) in [7, 11) is 0. The van der Waals surface area contributed by atoms with E-state index in [0.29, 0.717) is 12.6 Å². The Hall–Kier alpha value is -1.25. The topological polar surface area (TPSA) is 24.8 Å². The zero-order chi connectivity index (χ0) is 6.81. The van der Waals surface area contributed by atoms with Crippen LogP contribution in [-0.4, -0.2) is 24.1 Å². The van der Waals surface area contributed by atoms with Gasteiger partial charge >= 0.3 is 0 Å². The third kappa shape index (κ3) is 0.795. The Kier molecular flexibility index (Phi) is 1.20. The van der Waals surface area contributed by atoms with Gasteiger partial charge in [0, 0.05) is 18.9 Å². The standard InChI is InChI=1S/C7H8N2O/c1-3-8-7-9(4-1)5-2-6-10-7/h1-3,5H,4,6H2. The molecule has 0 aromatic rings. The molecule has 2 heterocycles. The van der Waals surface area contributed by atoms with Crippen LogP contribution < -0.4 is 0 Å². The first kappa shape index (κ1) is 5.53. The Bertz CT molecular complexity index is 218. The SMILES string of the molecule is C1=CN2CC=CN=C2OC1. The molecule has 2 aliphatic rings. The van der Waals surface area contributed by atoms with Crippen LogP contribution in [0.25, 0.3) is 0 Å². The van der Waals surface area contributed by atoms with E-state index in [-0.39, 0.29) is 0 Å². The van der Waals surface area contributed by atoms with Gasteiger partial charge in [0.2, 0.25) is 0 Å². The highest BCUT2D eigenvalue weighted by Gasteiger charge is 2.12. The molecular formula is C7H8N2O. The fourth-order valence-corrected chi connectivity index (χ4v) is 0.967. The maximum Gasteiger partial charge on any atom is 0.296 e. The minimum Gasteiger partial charge on any atom is -0.460 e. The lowest BCUT2D eigenvalue weighted by atomic mass is 10.4. The molecule has 0 radical (unpaired) electrons. The summed E-state index contributed by atoms with van der Waals surface area (Å²) in [4.78, 5) is 6.00. The van der Waals surface area contributed by atoms with Crippen LogP contribution in [0.15, 0.2) is 29.5 Å². The molecule has 2 aliphatic heterocycles. The van der Waals surface area contributed by atoms with E-state index in [4.69, 9.17) is 4.74 Å². The monoisotopic (exact) mass is 136 g/mol. The molecule has 0 fully saturated rings. The van der Waals surface area contributed by atoms with Gasteiger partial charge in [0.05, 0.1) is 0 Å². The molecule has 0 bridgehead atoms. The molecule has 3 nitrogen and oxygen atoms in total. The van der Waals surface area contributed by atoms with E-state index in [1.165, 1.54) is 0 Å². The Morgan fingerprint density at radius 2 is 2.50 bits per heavy atom. The maximum atomic E-state index is 5.22. The molecule has 0 N–H and O–H groups in total. The second kappa shape index (κ2) is 2.17. The molecule has 0 atom stereocenters. The third-order valence-corrected chi connectivity index (χ3v) is 1.43. The second-order valence-corrected chi connectivity index (χ2v) is 2.14. The van der Waals surface area contributed by atoms with E-state index in [1.807, 2.05) is 23.3 Å². The van der Waals surface area contributed by atoms with Crippen LogP contribution >= 0.6 is 0 Å². The zero-order valence-electron chi connectivity index (χ0n) is 5.53. The maximum absolute atomic E-state index is 5.22.